The highest BCUT2D eigenvalue weighted by molar-refractivity contribution is 4.51. The summed E-state index contributed by atoms with van der Waals surface area (Å²) in [6, 6.07) is 0. The average Bonchev–Trinajstić information content (AvgIpc) is 2.19. The van der Waals surface area contributed by atoms with Gasteiger partial charge in [0.25, 0.3) is 0 Å². The van der Waals surface area contributed by atoms with Crippen LogP contribution in [0.3, 0.4) is 0 Å². The Morgan fingerprint density at radius 2 is 1.69 bits per heavy atom. The van der Waals surface area contributed by atoms with Crippen molar-refractivity contribution in [2.75, 3.05) is 26.7 Å². The zero-order valence-corrected chi connectivity index (χ0v) is 9.05. The van der Waals surface area contributed by atoms with E-state index in [-0.39, 0.29) is 0 Å². The highest BCUT2D eigenvalue weighted by atomic mass is 15.3. The van der Waals surface area contributed by atoms with E-state index in [9.17, 15) is 0 Å². The second-order valence-electron chi connectivity index (χ2n) is 4.20. The first kappa shape index (κ1) is 12.4. The largest absolute Gasteiger partial charge is 0.512 e. The summed E-state index contributed by atoms with van der Waals surface area (Å²) >= 11 is 0. The number of unbranched alkanes of at least 4 members (excludes halogenated alkanes) is 1. The van der Waals surface area contributed by atoms with E-state index in [4.69, 9.17) is 11.8 Å². The van der Waals surface area contributed by atoms with Crippen LogP contribution in [-0.4, -0.2) is 31.2 Å². The maximum Gasteiger partial charge on any atom is 0.0784 e. The third kappa shape index (κ3) is 4.90. The molecular formula is C11H22N2. The van der Waals surface area contributed by atoms with Crippen LogP contribution in [0.25, 0.3) is 0 Å². The predicted molar refractivity (Wildman–Crippen MR) is 54.5 cm³/mol. The number of nitrogens with zero attached hydrogens (tertiary/aromatic N) is 2. The van der Waals surface area contributed by atoms with Gasteiger partial charge in [0.1, 0.15) is 0 Å². The Morgan fingerprint density at radius 3 is 2.15 bits per heavy atom. The summed E-state index contributed by atoms with van der Waals surface area (Å²) in [6.07, 6.45) is 7.16. The molecule has 0 spiro atoms. The van der Waals surface area contributed by atoms with Crippen molar-refractivity contribution in [2.24, 2.45) is 0 Å². The van der Waals surface area contributed by atoms with Gasteiger partial charge in [-0.1, -0.05) is 13.3 Å². The van der Waals surface area contributed by atoms with Gasteiger partial charge in [0.15, 0.2) is 0 Å². The lowest BCUT2D eigenvalue weighted by Gasteiger charge is -2.37. The molecule has 0 aromatic carbocycles. The second-order valence-corrected chi connectivity index (χ2v) is 4.20. The topological polar surface area (TPSA) is 23.8 Å². The quantitative estimate of drug-likeness (QED) is 0.486. The summed E-state index contributed by atoms with van der Waals surface area (Å²) in [7, 11) is 2.43. The molecule has 0 aliphatic carbocycles. The molecule has 1 aliphatic heterocycles. The van der Waals surface area contributed by atoms with Crippen molar-refractivity contribution in [1.29, 1.82) is 5.26 Å². The third-order valence-electron chi connectivity index (χ3n) is 2.95. The van der Waals surface area contributed by atoms with Gasteiger partial charge in [0.05, 0.1) is 26.7 Å². The Labute approximate surface area is 82.8 Å². The van der Waals surface area contributed by atoms with Crippen LogP contribution < -0.4 is 0 Å². The van der Waals surface area contributed by atoms with Gasteiger partial charge in [0.2, 0.25) is 0 Å². The molecule has 2 heteroatoms. The van der Waals surface area contributed by atoms with Gasteiger partial charge in [-0.3, -0.25) is 0 Å². The van der Waals surface area contributed by atoms with Crippen LogP contribution in [-0.2, 0) is 0 Å². The standard InChI is InChI=1S/C10H22N.CN/c1-3-4-8-11(2)9-6-5-7-10-11;1-2/h3-10H2,1-2H3;/q+1;-1. The van der Waals surface area contributed by atoms with Gasteiger partial charge < -0.3 is 16.3 Å². The molecular weight excluding hydrogens is 160 g/mol. The van der Waals surface area contributed by atoms with E-state index in [0.29, 0.717) is 0 Å². The maximum atomic E-state index is 6.25. The van der Waals surface area contributed by atoms with Gasteiger partial charge in [0, 0.05) is 0 Å². The van der Waals surface area contributed by atoms with Crippen LogP contribution >= 0.6 is 0 Å². The van der Waals surface area contributed by atoms with Crippen LogP contribution in [0.15, 0.2) is 0 Å². The molecule has 0 aromatic rings. The highest BCUT2D eigenvalue weighted by Crippen LogP contribution is 2.16. The van der Waals surface area contributed by atoms with Crippen molar-refractivity contribution in [2.45, 2.75) is 39.0 Å². The fraction of sp³-hybridized carbons (Fsp3) is 0.909. The van der Waals surface area contributed by atoms with Crippen LogP contribution in [0, 0.1) is 11.8 Å². The average molecular weight is 182 g/mol. The van der Waals surface area contributed by atoms with Gasteiger partial charge in [-0.25, -0.2) is 0 Å². The highest BCUT2D eigenvalue weighted by Gasteiger charge is 2.23. The predicted octanol–water partition coefficient (Wildman–Crippen LogP) is 2.51. The molecule has 0 saturated carbocycles. The summed E-state index contributed by atoms with van der Waals surface area (Å²) in [6.45, 7) is 11.3. The first-order valence-corrected chi connectivity index (χ1v) is 5.33. The minimum absolute atomic E-state index is 1.36. The smallest absolute Gasteiger partial charge is 0.0784 e. The Balaban J connectivity index is 0.000000671. The Kier molecular flexibility index (Phi) is 6.62. The van der Waals surface area contributed by atoms with Crippen molar-refractivity contribution in [3.63, 3.8) is 0 Å². The maximum absolute atomic E-state index is 6.25. The molecule has 13 heavy (non-hydrogen) atoms. The Hall–Kier alpha value is -0.550. The molecule has 0 atom stereocenters. The van der Waals surface area contributed by atoms with E-state index in [1.165, 1.54) is 56.2 Å². The molecule has 0 N–H and O–H groups in total. The van der Waals surface area contributed by atoms with E-state index in [1.54, 1.807) is 0 Å². The van der Waals surface area contributed by atoms with Gasteiger partial charge in [-0.2, -0.15) is 0 Å². The molecule has 1 heterocycles. The summed E-state index contributed by atoms with van der Waals surface area (Å²) in [5, 5.41) is 6.25. The number of quaternary nitrogens is 1. The van der Waals surface area contributed by atoms with Crippen LogP contribution in [0.2, 0.25) is 0 Å². The van der Waals surface area contributed by atoms with Crippen molar-refractivity contribution in [3.05, 3.63) is 6.57 Å². The number of likely N-dealkylation sites (tertiary alicyclic amines) is 1. The van der Waals surface area contributed by atoms with Crippen molar-refractivity contribution in [3.8, 4) is 0 Å². The zero-order valence-electron chi connectivity index (χ0n) is 9.05. The summed E-state index contributed by atoms with van der Waals surface area (Å²) in [5.41, 5.74) is 0. The van der Waals surface area contributed by atoms with Crippen molar-refractivity contribution in [1.82, 2.24) is 0 Å². The molecule has 2 nitrogen and oxygen atoms in total. The molecule has 1 fully saturated rings. The van der Waals surface area contributed by atoms with Crippen LogP contribution in [0.1, 0.15) is 39.0 Å². The fourth-order valence-electron chi connectivity index (χ4n) is 2.04. The summed E-state index contributed by atoms with van der Waals surface area (Å²) in [5.74, 6) is 0. The van der Waals surface area contributed by atoms with E-state index in [2.05, 4.69) is 14.0 Å². The van der Waals surface area contributed by atoms with Crippen LogP contribution in [0.4, 0.5) is 0 Å². The monoisotopic (exact) mass is 182 g/mol. The van der Waals surface area contributed by atoms with Gasteiger partial charge in [-0.15, -0.1) is 0 Å². The van der Waals surface area contributed by atoms with Crippen molar-refractivity contribution >= 4 is 0 Å². The molecule has 0 radical (unpaired) electrons. The molecule has 76 valence electrons. The van der Waals surface area contributed by atoms with Gasteiger partial charge >= 0.3 is 0 Å². The third-order valence-corrected chi connectivity index (χ3v) is 2.95. The molecule has 1 aliphatic rings. The molecule has 0 unspecified atom stereocenters. The zero-order chi connectivity index (χ0) is 10.2. The lowest BCUT2D eigenvalue weighted by molar-refractivity contribution is -0.914. The number of rotatable bonds is 3. The second kappa shape index (κ2) is 6.91. The lowest BCUT2D eigenvalue weighted by atomic mass is 10.1. The Morgan fingerprint density at radius 1 is 1.15 bits per heavy atom. The summed E-state index contributed by atoms with van der Waals surface area (Å²) in [4.78, 5) is 0. The number of hydrogen-bond donors (Lipinski definition) is 0. The number of piperidine rings is 1. The first-order valence-electron chi connectivity index (χ1n) is 5.33. The van der Waals surface area contributed by atoms with E-state index < -0.39 is 0 Å². The SMILES string of the molecule is CCCC[N+]1(C)CCCCC1.[C-]#N. The fourth-order valence-corrected chi connectivity index (χ4v) is 2.04. The van der Waals surface area contributed by atoms with E-state index in [0.717, 1.165) is 0 Å². The molecule has 0 aromatic heterocycles. The molecule has 0 amide bonds. The minimum Gasteiger partial charge on any atom is -0.512 e. The van der Waals surface area contributed by atoms with Gasteiger partial charge in [-0.05, 0) is 25.7 Å². The minimum atomic E-state index is 1.36. The van der Waals surface area contributed by atoms with E-state index >= 15 is 0 Å². The van der Waals surface area contributed by atoms with E-state index in [1.807, 2.05) is 0 Å². The van der Waals surface area contributed by atoms with Crippen LogP contribution in [0.5, 0.6) is 0 Å². The molecule has 1 saturated heterocycles. The normalized spacial score (nSPS) is 20.0. The summed E-state index contributed by atoms with van der Waals surface area (Å²) < 4.78 is 1.36. The van der Waals surface area contributed by atoms with Crippen molar-refractivity contribution < 1.29 is 4.48 Å². The number of hydrogen-bond acceptors (Lipinski definition) is 1. The molecule has 1 rings (SSSR count). The first-order chi connectivity index (χ1) is 6.27. The Bertz CT molecular complexity index is 134. The lowest BCUT2D eigenvalue weighted by Crippen LogP contribution is -2.48. The molecule has 0 bridgehead atoms.